The van der Waals surface area contributed by atoms with Gasteiger partial charge in [-0.05, 0) is 102 Å². The Labute approximate surface area is 124 Å². The average molecular weight is 276 g/mol. The van der Waals surface area contributed by atoms with Crippen molar-refractivity contribution in [1.82, 2.24) is 10.2 Å². The number of hydrogen-bond donors (Lipinski definition) is 1. The fourth-order valence-corrected chi connectivity index (χ4v) is 6.17. The second-order valence-electron chi connectivity index (χ2n) is 8.55. The van der Waals surface area contributed by atoms with E-state index in [9.17, 15) is 0 Å². The summed E-state index contributed by atoms with van der Waals surface area (Å²) in [5.74, 6) is 5.19. The summed E-state index contributed by atoms with van der Waals surface area (Å²) in [5.41, 5.74) is 0. The molecule has 20 heavy (non-hydrogen) atoms. The van der Waals surface area contributed by atoms with Gasteiger partial charge < -0.3 is 10.2 Å². The molecule has 1 saturated heterocycles. The summed E-state index contributed by atoms with van der Waals surface area (Å²) in [6.45, 7) is 5.08. The van der Waals surface area contributed by atoms with Gasteiger partial charge in [0.25, 0.3) is 0 Å². The van der Waals surface area contributed by atoms with E-state index in [1.807, 2.05) is 0 Å². The third-order valence-electron chi connectivity index (χ3n) is 7.15. The van der Waals surface area contributed by atoms with E-state index in [0.29, 0.717) is 0 Å². The first-order chi connectivity index (χ1) is 9.69. The van der Waals surface area contributed by atoms with E-state index in [2.05, 4.69) is 24.2 Å². The third-order valence-corrected chi connectivity index (χ3v) is 7.15. The van der Waals surface area contributed by atoms with Crippen molar-refractivity contribution in [3.05, 3.63) is 0 Å². The molecule has 4 bridgehead atoms. The molecule has 5 rings (SSSR count). The molecular weight excluding hydrogens is 244 g/mol. The first-order valence-electron chi connectivity index (χ1n) is 9.13. The van der Waals surface area contributed by atoms with Crippen molar-refractivity contribution in [2.75, 3.05) is 20.1 Å². The van der Waals surface area contributed by atoms with Crippen LogP contribution in [0.15, 0.2) is 0 Å². The van der Waals surface area contributed by atoms with Crippen molar-refractivity contribution < 1.29 is 0 Å². The molecule has 5 aliphatic rings. The van der Waals surface area contributed by atoms with Crippen LogP contribution < -0.4 is 5.32 Å². The van der Waals surface area contributed by atoms with Crippen LogP contribution in [-0.4, -0.2) is 37.1 Å². The van der Waals surface area contributed by atoms with Gasteiger partial charge in [-0.15, -0.1) is 0 Å². The Kier molecular flexibility index (Phi) is 3.58. The van der Waals surface area contributed by atoms with Crippen molar-refractivity contribution in [2.24, 2.45) is 29.6 Å². The number of rotatable bonds is 3. The van der Waals surface area contributed by atoms with Gasteiger partial charge in [0.2, 0.25) is 0 Å². The highest BCUT2D eigenvalue weighted by Gasteiger charge is 2.48. The van der Waals surface area contributed by atoms with Gasteiger partial charge in [0.15, 0.2) is 0 Å². The van der Waals surface area contributed by atoms with Gasteiger partial charge in [0.05, 0.1) is 0 Å². The molecule has 0 radical (unpaired) electrons. The molecule has 0 spiro atoms. The van der Waals surface area contributed by atoms with E-state index >= 15 is 0 Å². The van der Waals surface area contributed by atoms with Crippen LogP contribution in [0.1, 0.15) is 51.9 Å². The summed E-state index contributed by atoms with van der Waals surface area (Å²) in [5, 5.41) is 4.13. The zero-order valence-electron chi connectivity index (χ0n) is 13.4. The lowest BCUT2D eigenvalue weighted by atomic mass is 9.54. The monoisotopic (exact) mass is 276 g/mol. The molecule has 0 aromatic carbocycles. The van der Waals surface area contributed by atoms with Gasteiger partial charge in [0, 0.05) is 12.1 Å². The number of likely N-dealkylation sites (tertiary alicyclic amines) is 1. The van der Waals surface area contributed by atoms with Crippen LogP contribution in [0.4, 0.5) is 0 Å². The van der Waals surface area contributed by atoms with Crippen LogP contribution in [0.3, 0.4) is 0 Å². The third kappa shape index (κ3) is 2.43. The van der Waals surface area contributed by atoms with Crippen LogP contribution in [0.2, 0.25) is 0 Å². The van der Waals surface area contributed by atoms with Crippen LogP contribution in [0.25, 0.3) is 0 Å². The summed E-state index contributed by atoms with van der Waals surface area (Å²) >= 11 is 0. The highest BCUT2D eigenvalue weighted by Crippen LogP contribution is 2.53. The quantitative estimate of drug-likeness (QED) is 0.852. The lowest BCUT2D eigenvalue weighted by Crippen LogP contribution is -2.57. The SMILES string of the molecule is CC(NC1C2CC3CC(C2)CC1C3)C1CCN(C)CC1. The maximum Gasteiger partial charge on any atom is 0.0127 e. The predicted molar refractivity (Wildman–Crippen MR) is 83.7 cm³/mol. The Hall–Kier alpha value is -0.0800. The van der Waals surface area contributed by atoms with Crippen LogP contribution in [0, 0.1) is 29.6 Å². The fraction of sp³-hybridized carbons (Fsp3) is 1.00. The molecule has 2 heteroatoms. The molecular formula is C18H32N2. The molecule has 4 saturated carbocycles. The van der Waals surface area contributed by atoms with Crippen molar-refractivity contribution >= 4 is 0 Å². The molecule has 0 amide bonds. The Bertz CT molecular complexity index is 317. The summed E-state index contributed by atoms with van der Waals surface area (Å²) < 4.78 is 0. The second kappa shape index (κ2) is 5.28. The van der Waals surface area contributed by atoms with Crippen LogP contribution >= 0.6 is 0 Å². The lowest BCUT2D eigenvalue weighted by Gasteiger charge is -2.55. The van der Waals surface area contributed by atoms with E-state index in [-0.39, 0.29) is 0 Å². The minimum absolute atomic E-state index is 0.742. The van der Waals surface area contributed by atoms with Gasteiger partial charge in [-0.2, -0.15) is 0 Å². The summed E-state index contributed by atoms with van der Waals surface area (Å²) in [4.78, 5) is 2.49. The maximum absolute atomic E-state index is 4.13. The van der Waals surface area contributed by atoms with Gasteiger partial charge in [-0.3, -0.25) is 0 Å². The maximum atomic E-state index is 4.13. The van der Waals surface area contributed by atoms with Crippen molar-refractivity contribution in [1.29, 1.82) is 0 Å². The van der Waals surface area contributed by atoms with Crippen molar-refractivity contribution in [3.63, 3.8) is 0 Å². The Morgan fingerprint density at radius 1 is 0.900 bits per heavy atom. The highest BCUT2D eigenvalue weighted by molar-refractivity contribution is 5.02. The summed E-state index contributed by atoms with van der Waals surface area (Å²) in [7, 11) is 2.27. The minimum atomic E-state index is 0.742. The largest absolute Gasteiger partial charge is 0.311 e. The molecule has 0 aromatic heterocycles. The molecule has 114 valence electrons. The lowest BCUT2D eigenvalue weighted by molar-refractivity contribution is -0.0207. The van der Waals surface area contributed by atoms with E-state index in [0.717, 1.165) is 41.7 Å². The first-order valence-corrected chi connectivity index (χ1v) is 9.13. The van der Waals surface area contributed by atoms with Gasteiger partial charge in [0.1, 0.15) is 0 Å². The smallest absolute Gasteiger partial charge is 0.0127 e. The highest BCUT2D eigenvalue weighted by atomic mass is 15.1. The summed E-state index contributed by atoms with van der Waals surface area (Å²) in [6, 6.07) is 1.61. The molecule has 5 fully saturated rings. The molecule has 1 aliphatic heterocycles. The fourth-order valence-electron chi connectivity index (χ4n) is 6.17. The normalized spacial score (nSPS) is 46.8. The van der Waals surface area contributed by atoms with Gasteiger partial charge >= 0.3 is 0 Å². The molecule has 1 heterocycles. The number of nitrogens with zero attached hydrogens (tertiary/aromatic N) is 1. The molecule has 1 atom stereocenters. The van der Waals surface area contributed by atoms with Gasteiger partial charge in [-0.1, -0.05) is 0 Å². The van der Waals surface area contributed by atoms with Gasteiger partial charge in [-0.25, -0.2) is 0 Å². The Morgan fingerprint density at radius 2 is 1.45 bits per heavy atom. The Balaban J connectivity index is 1.37. The minimum Gasteiger partial charge on any atom is -0.311 e. The second-order valence-corrected chi connectivity index (χ2v) is 8.55. The molecule has 4 aliphatic carbocycles. The first kappa shape index (κ1) is 13.6. The number of hydrogen-bond acceptors (Lipinski definition) is 2. The van der Waals surface area contributed by atoms with Crippen molar-refractivity contribution in [2.45, 2.75) is 64.0 Å². The van der Waals surface area contributed by atoms with Crippen LogP contribution in [-0.2, 0) is 0 Å². The van der Waals surface area contributed by atoms with E-state index < -0.39 is 0 Å². The molecule has 2 nitrogen and oxygen atoms in total. The predicted octanol–water partition coefficient (Wildman–Crippen LogP) is 3.13. The number of nitrogens with one attached hydrogen (secondary N) is 1. The average Bonchev–Trinajstić information content (AvgIpc) is 2.42. The summed E-state index contributed by atoms with van der Waals surface area (Å²) in [6.07, 6.45) is 10.6. The Morgan fingerprint density at radius 3 is 2.00 bits per heavy atom. The zero-order chi connectivity index (χ0) is 13.7. The number of piperidine rings is 1. The molecule has 1 N–H and O–H groups in total. The van der Waals surface area contributed by atoms with Crippen molar-refractivity contribution in [3.8, 4) is 0 Å². The van der Waals surface area contributed by atoms with E-state index in [1.165, 1.54) is 25.9 Å². The van der Waals surface area contributed by atoms with Crippen LogP contribution in [0.5, 0.6) is 0 Å². The topological polar surface area (TPSA) is 15.3 Å². The standard InChI is InChI=1S/C18H32N2/c1-12(15-3-5-20(2)6-4-15)19-18-16-8-13-7-14(10-16)11-17(18)9-13/h12-19H,3-11H2,1-2H3. The van der Waals surface area contributed by atoms with E-state index in [1.54, 1.807) is 32.1 Å². The zero-order valence-corrected chi connectivity index (χ0v) is 13.4. The molecule has 0 aromatic rings. The molecule has 1 unspecified atom stereocenters. The van der Waals surface area contributed by atoms with E-state index in [4.69, 9.17) is 0 Å².